The quantitative estimate of drug-likeness (QED) is 0.453. The predicted molar refractivity (Wildman–Crippen MR) is 120 cm³/mol. The fourth-order valence-electron chi connectivity index (χ4n) is 3.69. The molecule has 0 atom stereocenters. The van der Waals surface area contributed by atoms with Gasteiger partial charge in [0.2, 0.25) is 5.95 Å². The topological polar surface area (TPSA) is 87.5 Å². The number of carboxylic acids is 1. The summed E-state index contributed by atoms with van der Waals surface area (Å²) < 4.78 is 28.8. The van der Waals surface area contributed by atoms with Crippen LogP contribution >= 0.6 is 0 Å². The van der Waals surface area contributed by atoms with Crippen molar-refractivity contribution < 1.29 is 18.7 Å². The summed E-state index contributed by atoms with van der Waals surface area (Å²) in [6.07, 6.45) is 1.62. The summed E-state index contributed by atoms with van der Waals surface area (Å²) >= 11 is 0. The van der Waals surface area contributed by atoms with Gasteiger partial charge in [0.1, 0.15) is 11.6 Å². The van der Waals surface area contributed by atoms with Crippen LogP contribution in [-0.2, 0) is 6.54 Å². The minimum absolute atomic E-state index is 0.164. The second kappa shape index (κ2) is 8.23. The molecule has 0 radical (unpaired) electrons. The average molecular weight is 442 g/mol. The number of anilines is 2. The van der Waals surface area contributed by atoms with Crippen LogP contribution in [0.3, 0.4) is 0 Å². The van der Waals surface area contributed by atoms with Gasteiger partial charge in [0.15, 0.2) is 0 Å². The van der Waals surface area contributed by atoms with E-state index < -0.39 is 17.6 Å². The highest BCUT2D eigenvalue weighted by Gasteiger charge is 2.23. The third kappa shape index (κ3) is 3.94. The molecule has 4 aromatic rings. The van der Waals surface area contributed by atoms with Crippen molar-refractivity contribution in [3.8, 4) is 11.3 Å². The first-order valence-corrected chi connectivity index (χ1v) is 10.1. The molecule has 3 aromatic carbocycles. The Bertz CT molecular complexity index is 1420. The average Bonchev–Trinajstić information content (AvgIpc) is 2.96. The summed E-state index contributed by atoms with van der Waals surface area (Å²) in [5, 5.41) is 12.1. The van der Waals surface area contributed by atoms with E-state index in [4.69, 9.17) is 5.11 Å². The summed E-state index contributed by atoms with van der Waals surface area (Å²) in [5.74, 6) is -1.65. The lowest BCUT2D eigenvalue weighted by Crippen LogP contribution is -2.08. The van der Waals surface area contributed by atoms with Crippen LogP contribution < -0.4 is 5.32 Å². The van der Waals surface area contributed by atoms with Crippen molar-refractivity contribution in [1.82, 2.24) is 9.97 Å². The number of nitrogens with zero attached hydrogens (tertiary/aromatic N) is 3. The van der Waals surface area contributed by atoms with Gasteiger partial charge in [-0.3, -0.25) is 4.99 Å². The summed E-state index contributed by atoms with van der Waals surface area (Å²) in [5.41, 5.74) is 3.71. The molecule has 1 aliphatic heterocycles. The van der Waals surface area contributed by atoms with E-state index >= 15 is 0 Å². The highest BCUT2D eigenvalue weighted by Crippen LogP contribution is 2.33. The van der Waals surface area contributed by atoms with E-state index in [0.29, 0.717) is 33.8 Å². The second-order valence-corrected chi connectivity index (χ2v) is 7.41. The maximum atomic E-state index is 14.6. The van der Waals surface area contributed by atoms with Crippen LogP contribution in [0.2, 0.25) is 0 Å². The van der Waals surface area contributed by atoms with Gasteiger partial charge in [-0.1, -0.05) is 12.1 Å². The monoisotopic (exact) mass is 442 g/mol. The van der Waals surface area contributed by atoms with Crippen molar-refractivity contribution in [3.05, 3.63) is 107 Å². The van der Waals surface area contributed by atoms with Crippen LogP contribution in [0.15, 0.2) is 77.9 Å². The van der Waals surface area contributed by atoms with E-state index in [-0.39, 0.29) is 23.6 Å². The molecule has 1 aromatic heterocycles. The van der Waals surface area contributed by atoms with Crippen LogP contribution in [0.5, 0.6) is 0 Å². The fraction of sp³-hybridized carbons (Fsp3) is 0.0400. The highest BCUT2D eigenvalue weighted by molar-refractivity contribution is 6.16. The second-order valence-electron chi connectivity index (χ2n) is 7.41. The lowest BCUT2D eigenvalue weighted by atomic mass is 9.95. The zero-order valence-electron chi connectivity index (χ0n) is 17.1. The predicted octanol–water partition coefficient (Wildman–Crippen LogP) is 5.21. The summed E-state index contributed by atoms with van der Waals surface area (Å²) in [6.45, 7) is 0.197. The van der Waals surface area contributed by atoms with Crippen LogP contribution in [0.4, 0.5) is 20.4 Å². The van der Waals surface area contributed by atoms with Gasteiger partial charge in [0.25, 0.3) is 0 Å². The molecule has 0 bridgehead atoms. The zero-order chi connectivity index (χ0) is 22.9. The van der Waals surface area contributed by atoms with Gasteiger partial charge in [0.05, 0.1) is 23.5 Å². The molecule has 0 fully saturated rings. The third-order valence-corrected chi connectivity index (χ3v) is 5.28. The molecule has 0 saturated carbocycles. The minimum atomic E-state index is -1.02. The van der Waals surface area contributed by atoms with Crippen molar-refractivity contribution in [2.24, 2.45) is 4.99 Å². The van der Waals surface area contributed by atoms with Gasteiger partial charge >= 0.3 is 5.97 Å². The van der Waals surface area contributed by atoms with Crippen LogP contribution in [0, 0.1) is 11.6 Å². The largest absolute Gasteiger partial charge is 0.478 e. The Morgan fingerprint density at radius 1 is 0.939 bits per heavy atom. The molecule has 1 aliphatic rings. The molecule has 162 valence electrons. The number of carboxylic acid groups (broad SMARTS) is 1. The Hall–Kier alpha value is -4.46. The van der Waals surface area contributed by atoms with Gasteiger partial charge in [0, 0.05) is 34.1 Å². The SMILES string of the molecule is O=C(O)c1ccc(Nc2ncc3c(n2)-c2ccc(F)cc2C(c2ccccc2F)=NC3)cc1. The number of aliphatic imine (C=N–C) groups is 1. The minimum Gasteiger partial charge on any atom is -0.478 e. The van der Waals surface area contributed by atoms with Gasteiger partial charge in [-0.15, -0.1) is 0 Å². The van der Waals surface area contributed by atoms with E-state index in [1.165, 1.54) is 30.3 Å². The van der Waals surface area contributed by atoms with E-state index in [9.17, 15) is 13.6 Å². The maximum Gasteiger partial charge on any atom is 0.335 e. The molecular formula is C25H16F2N4O2. The molecule has 2 heterocycles. The van der Waals surface area contributed by atoms with E-state index in [1.54, 1.807) is 42.6 Å². The summed E-state index contributed by atoms with van der Waals surface area (Å²) in [7, 11) is 0. The number of benzene rings is 3. The molecule has 0 unspecified atom stereocenters. The Morgan fingerprint density at radius 3 is 2.48 bits per heavy atom. The first kappa shape index (κ1) is 20.4. The van der Waals surface area contributed by atoms with Crippen molar-refractivity contribution in [2.75, 3.05) is 5.32 Å². The molecule has 5 rings (SSSR count). The van der Waals surface area contributed by atoms with Crippen molar-refractivity contribution in [3.63, 3.8) is 0 Å². The number of carbonyl (C=O) groups is 1. The Labute approximate surface area is 187 Å². The van der Waals surface area contributed by atoms with Gasteiger partial charge in [-0.2, -0.15) is 0 Å². The lowest BCUT2D eigenvalue weighted by Gasteiger charge is -2.13. The summed E-state index contributed by atoms with van der Waals surface area (Å²) in [4.78, 5) is 24.6. The number of hydrogen-bond donors (Lipinski definition) is 2. The van der Waals surface area contributed by atoms with Crippen LogP contribution in [-0.4, -0.2) is 26.8 Å². The number of fused-ring (bicyclic) bond motifs is 3. The number of halogens is 2. The first-order chi connectivity index (χ1) is 16.0. The van der Waals surface area contributed by atoms with Gasteiger partial charge in [-0.25, -0.2) is 23.5 Å². The fourth-order valence-corrected chi connectivity index (χ4v) is 3.69. The molecule has 8 heteroatoms. The molecule has 33 heavy (non-hydrogen) atoms. The normalized spacial score (nSPS) is 12.2. The molecule has 0 spiro atoms. The number of aromatic carboxylic acids is 1. The molecule has 0 aliphatic carbocycles. The van der Waals surface area contributed by atoms with Crippen LogP contribution in [0.25, 0.3) is 11.3 Å². The van der Waals surface area contributed by atoms with E-state index in [2.05, 4.69) is 20.3 Å². The first-order valence-electron chi connectivity index (χ1n) is 10.1. The van der Waals surface area contributed by atoms with E-state index in [0.717, 1.165) is 0 Å². The third-order valence-electron chi connectivity index (χ3n) is 5.28. The summed E-state index contributed by atoms with van der Waals surface area (Å²) in [6, 6.07) is 16.7. The van der Waals surface area contributed by atoms with Crippen LogP contribution in [0.1, 0.15) is 27.0 Å². The standard InChI is InChI=1S/C25H16F2N4O2/c26-16-7-10-18-20(11-16)23(19-3-1-2-4-21(19)27)28-12-15-13-29-25(31-22(15)18)30-17-8-5-14(6-9-17)24(32)33/h1-11,13H,12H2,(H,32,33)(H,29,30,31). The number of aromatic nitrogens is 2. The zero-order valence-corrected chi connectivity index (χ0v) is 17.1. The van der Waals surface area contributed by atoms with Crippen molar-refractivity contribution in [1.29, 1.82) is 0 Å². The molecule has 2 N–H and O–H groups in total. The van der Waals surface area contributed by atoms with E-state index in [1.807, 2.05) is 0 Å². The lowest BCUT2D eigenvalue weighted by molar-refractivity contribution is 0.0697. The molecule has 0 saturated heterocycles. The molecular weight excluding hydrogens is 426 g/mol. The Morgan fingerprint density at radius 2 is 1.73 bits per heavy atom. The van der Waals surface area contributed by atoms with Crippen molar-refractivity contribution >= 4 is 23.3 Å². The number of nitrogens with one attached hydrogen (secondary N) is 1. The molecule has 6 nitrogen and oxygen atoms in total. The highest BCUT2D eigenvalue weighted by atomic mass is 19.1. The smallest absolute Gasteiger partial charge is 0.335 e. The van der Waals surface area contributed by atoms with Gasteiger partial charge in [-0.05, 0) is 54.6 Å². The van der Waals surface area contributed by atoms with Crippen molar-refractivity contribution in [2.45, 2.75) is 6.54 Å². The Balaban J connectivity index is 1.57. The maximum absolute atomic E-state index is 14.6. The number of hydrogen-bond acceptors (Lipinski definition) is 5. The van der Waals surface area contributed by atoms with Gasteiger partial charge < -0.3 is 10.4 Å². The Kier molecular flexibility index (Phi) is 5.10. The molecule has 0 amide bonds. The number of rotatable bonds is 4.